The summed E-state index contributed by atoms with van der Waals surface area (Å²) in [5.74, 6) is -0.905. The van der Waals surface area contributed by atoms with Gasteiger partial charge in [-0.05, 0) is 25.7 Å². The highest BCUT2D eigenvalue weighted by atomic mass is 32.3. The van der Waals surface area contributed by atoms with Crippen molar-refractivity contribution in [2.75, 3.05) is 6.54 Å². The number of fused-ring (bicyclic) bond motifs is 2. The van der Waals surface area contributed by atoms with Crippen molar-refractivity contribution < 1.29 is 31.6 Å². The van der Waals surface area contributed by atoms with Crippen LogP contribution in [-0.4, -0.2) is 59.4 Å². The molecule has 2 aliphatic heterocycles. The Labute approximate surface area is 150 Å². The molecular formula is C14H22N4O7S. The molecule has 26 heavy (non-hydrogen) atoms. The first-order chi connectivity index (χ1) is 12.3. The van der Waals surface area contributed by atoms with Gasteiger partial charge < -0.3 is 4.90 Å². The van der Waals surface area contributed by atoms with Crippen LogP contribution in [0.5, 0.6) is 0 Å². The summed E-state index contributed by atoms with van der Waals surface area (Å²) >= 11 is 0. The summed E-state index contributed by atoms with van der Waals surface area (Å²) in [5.41, 5.74) is 4.77. The van der Waals surface area contributed by atoms with E-state index in [1.165, 1.54) is 4.90 Å². The lowest BCUT2D eigenvalue weighted by atomic mass is 9.89. The average Bonchev–Trinajstić information content (AvgIpc) is 2.84. The predicted molar refractivity (Wildman–Crippen MR) is 86.2 cm³/mol. The molecule has 0 aromatic rings. The van der Waals surface area contributed by atoms with E-state index in [2.05, 4.69) is 15.1 Å². The second-order valence-corrected chi connectivity index (χ2v) is 7.83. The van der Waals surface area contributed by atoms with Crippen molar-refractivity contribution >= 4 is 28.2 Å². The van der Waals surface area contributed by atoms with E-state index in [4.69, 9.17) is 4.55 Å². The Bertz CT molecular complexity index is 691. The van der Waals surface area contributed by atoms with Crippen LogP contribution in [0, 0.1) is 5.92 Å². The zero-order chi connectivity index (χ0) is 18.9. The molecule has 2 bridgehead atoms. The van der Waals surface area contributed by atoms with Gasteiger partial charge in [0.15, 0.2) is 0 Å². The van der Waals surface area contributed by atoms with E-state index in [1.54, 1.807) is 0 Å². The fourth-order valence-electron chi connectivity index (χ4n) is 3.78. The number of nitrogens with one attached hydrogen (secondary N) is 2. The average molecular weight is 390 g/mol. The van der Waals surface area contributed by atoms with Crippen LogP contribution in [0.2, 0.25) is 0 Å². The smallest absolute Gasteiger partial charge is 0.309 e. The van der Waals surface area contributed by atoms with Crippen LogP contribution in [0.15, 0.2) is 0 Å². The van der Waals surface area contributed by atoms with Gasteiger partial charge >= 0.3 is 16.4 Å². The molecule has 0 radical (unpaired) electrons. The fraction of sp³-hybridized carbons (Fsp3) is 0.786. The normalized spacial score (nSPS) is 26.7. The molecule has 11 nitrogen and oxygen atoms in total. The molecule has 4 amide bonds. The van der Waals surface area contributed by atoms with Crippen molar-refractivity contribution in [1.29, 1.82) is 0 Å². The molecule has 0 aromatic heterocycles. The number of hydrazine groups is 1. The summed E-state index contributed by atoms with van der Waals surface area (Å²) in [5, 5.41) is 0.573. The molecule has 1 aliphatic carbocycles. The molecule has 146 valence electrons. The maximum atomic E-state index is 12.4. The summed E-state index contributed by atoms with van der Waals surface area (Å²) in [6.45, 7) is 0.100. The van der Waals surface area contributed by atoms with Crippen molar-refractivity contribution in [3.63, 3.8) is 0 Å². The van der Waals surface area contributed by atoms with E-state index in [0.717, 1.165) is 32.1 Å². The fourth-order valence-corrected chi connectivity index (χ4v) is 4.17. The number of carbonyl (C=O) groups excluding carboxylic acids is 3. The Morgan fingerprint density at radius 2 is 1.69 bits per heavy atom. The number of nitrogens with zero attached hydrogens (tertiary/aromatic N) is 2. The molecule has 1 saturated carbocycles. The molecular weight excluding hydrogens is 368 g/mol. The molecule has 3 aliphatic rings. The van der Waals surface area contributed by atoms with E-state index in [-0.39, 0.29) is 24.8 Å². The van der Waals surface area contributed by atoms with E-state index in [1.807, 2.05) is 0 Å². The molecule has 3 rings (SSSR count). The lowest BCUT2D eigenvalue weighted by Gasteiger charge is -2.29. The second kappa shape index (κ2) is 7.37. The third-order valence-corrected chi connectivity index (χ3v) is 5.43. The van der Waals surface area contributed by atoms with E-state index in [9.17, 15) is 22.8 Å². The van der Waals surface area contributed by atoms with Crippen LogP contribution in [0.25, 0.3) is 0 Å². The third-order valence-electron chi connectivity index (χ3n) is 5.08. The van der Waals surface area contributed by atoms with Crippen molar-refractivity contribution in [3.05, 3.63) is 0 Å². The first-order valence-corrected chi connectivity index (χ1v) is 9.99. The van der Waals surface area contributed by atoms with Crippen LogP contribution in [0.3, 0.4) is 0 Å². The SMILES string of the molecule is O=C(NNC(=O)[C@@H]1CCC2CN1C(=O)N2OS(=O)(=O)O)C1CCCCC1. The van der Waals surface area contributed by atoms with E-state index < -0.39 is 34.4 Å². The summed E-state index contributed by atoms with van der Waals surface area (Å²) in [6, 6.07) is -2.23. The number of amides is 4. The lowest BCUT2D eigenvalue weighted by molar-refractivity contribution is -0.134. The molecule has 1 unspecified atom stereocenters. The largest absolute Gasteiger partial charge is 0.418 e. The maximum Gasteiger partial charge on any atom is 0.418 e. The third kappa shape index (κ3) is 4.07. The Morgan fingerprint density at radius 3 is 2.35 bits per heavy atom. The van der Waals surface area contributed by atoms with Gasteiger partial charge in [0, 0.05) is 12.5 Å². The van der Waals surface area contributed by atoms with Crippen molar-refractivity contribution in [2.24, 2.45) is 5.92 Å². The van der Waals surface area contributed by atoms with Gasteiger partial charge in [0.05, 0.1) is 6.04 Å². The van der Waals surface area contributed by atoms with E-state index in [0.29, 0.717) is 11.5 Å². The van der Waals surface area contributed by atoms with Crippen molar-refractivity contribution in [3.8, 4) is 0 Å². The van der Waals surface area contributed by atoms with Crippen LogP contribution in [0.4, 0.5) is 4.79 Å². The molecule has 3 N–H and O–H groups in total. The highest BCUT2D eigenvalue weighted by Gasteiger charge is 2.49. The summed E-state index contributed by atoms with van der Waals surface area (Å²) < 4.78 is 34.8. The lowest BCUT2D eigenvalue weighted by Crippen LogP contribution is -2.55. The van der Waals surface area contributed by atoms with Gasteiger partial charge in [-0.15, -0.1) is 4.28 Å². The summed E-state index contributed by atoms with van der Waals surface area (Å²) in [4.78, 5) is 37.9. The molecule has 0 aromatic carbocycles. The van der Waals surface area contributed by atoms with Gasteiger partial charge in [0.2, 0.25) is 5.91 Å². The minimum absolute atomic E-state index is 0.100. The number of hydroxylamine groups is 2. The highest BCUT2D eigenvalue weighted by molar-refractivity contribution is 7.80. The Hall–Kier alpha value is -1.92. The maximum absolute atomic E-state index is 12.4. The van der Waals surface area contributed by atoms with Crippen LogP contribution in [0.1, 0.15) is 44.9 Å². The number of hydrogen-bond acceptors (Lipinski definition) is 6. The summed E-state index contributed by atoms with van der Waals surface area (Å²) in [6.07, 6.45) is 5.28. The topological polar surface area (TPSA) is 145 Å². The zero-order valence-electron chi connectivity index (χ0n) is 14.1. The van der Waals surface area contributed by atoms with Gasteiger partial charge in [0.1, 0.15) is 6.04 Å². The highest BCUT2D eigenvalue weighted by Crippen LogP contribution is 2.30. The molecule has 2 heterocycles. The second-order valence-electron chi connectivity index (χ2n) is 6.82. The number of urea groups is 1. The minimum atomic E-state index is -4.83. The predicted octanol–water partition coefficient (Wildman–Crippen LogP) is -0.283. The quantitative estimate of drug-likeness (QED) is 0.442. The van der Waals surface area contributed by atoms with Crippen LogP contribution < -0.4 is 10.9 Å². The van der Waals surface area contributed by atoms with Gasteiger partial charge in [-0.3, -0.25) is 25.0 Å². The van der Waals surface area contributed by atoms with Gasteiger partial charge in [-0.2, -0.15) is 13.5 Å². The molecule has 2 saturated heterocycles. The molecule has 2 atom stereocenters. The number of piperidine rings is 1. The van der Waals surface area contributed by atoms with Crippen molar-refractivity contribution in [2.45, 2.75) is 57.0 Å². The Morgan fingerprint density at radius 1 is 1.04 bits per heavy atom. The first kappa shape index (κ1) is 18.9. The Balaban J connectivity index is 1.56. The van der Waals surface area contributed by atoms with Gasteiger partial charge in [-0.25, -0.2) is 4.79 Å². The summed E-state index contributed by atoms with van der Waals surface area (Å²) in [7, 11) is -4.83. The standard InChI is InChI=1S/C14H22N4O7S/c19-12(9-4-2-1-3-5-9)15-16-13(20)11-7-6-10-8-17(11)14(21)18(10)25-26(22,23)24/h9-11H,1-8H2,(H,15,19)(H,16,20)(H,22,23,24)/t10?,11-/m0/s1. The molecule has 3 fully saturated rings. The number of hydrogen-bond donors (Lipinski definition) is 3. The van der Waals surface area contributed by atoms with Crippen molar-refractivity contribution in [1.82, 2.24) is 20.8 Å². The van der Waals surface area contributed by atoms with E-state index >= 15 is 0 Å². The van der Waals surface area contributed by atoms with Crippen LogP contribution in [-0.2, 0) is 24.3 Å². The first-order valence-electron chi connectivity index (χ1n) is 8.63. The minimum Gasteiger partial charge on any atom is -0.309 e. The van der Waals surface area contributed by atoms with Gasteiger partial charge in [0.25, 0.3) is 5.91 Å². The van der Waals surface area contributed by atoms with Gasteiger partial charge in [-0.1, -0.05) is 19.3 Å². The zero-order valence-corrected chi connectivity index (χ0v) is 14.9. The molecule has 12 heteroatoms. The molecule has 0 spiro atoms. The monoisotopic (exact) mass is 390 g/mol. The Kier molecular flexibility index (Phi) is 5.34. The number of carbonyl (C=O) groups is 3. The number of rotatable bonds is 4. The van der Waals surface area contributed by atoms with Crippen LogP contribution >= 0.6 is 0 Å².